The van der Waals surface area contributed by atoms with Crippen LogP contribution in [0.15, 0.2) is 41.3 Å². The quantitative estimate of drug-likeness (QED) is 0.572. The van der Waals surface area contributed by atoms with Gasteiger partial charge in [0.2, 0.25) is 0 Å². The highest BCUT2D eigenvalue weighted by Crippen LogP contribution is 2.28. The lowest BCUT2D eigenvalue weighted by atomic mass is 10.1. The normalized spacial score (nSPS) is 25.2. The number of aliphatic hydroxyl groups excluding tert-OH is 3. The Bertz CT molecular complexity index is 850. The van der Waals surface area contributed by atoms with Gasteiger partial charge >= 0.3 is 5.69 Å². The van der Waals surface area contributed by atoms with Crippen molar-refractivity contribution in [2.75, 3.05) is 11.9 Å². The predicted molar refractivity (Wildman–Crippen MR) is 90.6 cm³/mol. The Balaban J connectivity index is 1.77. The van der Waals surface area contributed by atoms with Crippen molar-refractivity contribution in [2.24, 2.45) is 0 Å². The van der Waals surface area contributed by atoms with Crippen LogP contribution in [0.1, 0.15) is 22.1 Å². The number of hydrogen-bond donors (Lipinski definition) is 4. The fraction of sp³-hybridized carbons (Fsp3) is 0.353. The highest BCUT2D eigenvalue weighted by atomic mass is 16.6. The largest absolute Gasteiger partial charge is 0.394 e. The molecule has 4 N–H and O–H groups in total. The van der Waals surface area contributed by atoms with Gasteiger partial charge in [-0.1, -0.05) is 17.7 Å². The monoisotopic (exact) mass is 361 g/mol. The Labute approximate surface area is 148 Å². The number of aryl methyl sites for hydroxylation is 1. The molecule has 0 bridgehead atoms. The zero-order valence-corrected chi connectivity index (χ0v) is 13.9. The Hall–Kier alpha value is -2.59. The molecule has 138 valence electrons. The molecule has 3 rings (SSSR count). The number of hydrogen-bond acceptors (Lipinski definition) is 7. The van der Waals surface area contributed by atoms with E-state index < -0.39 is 42.7 Å². The summed E-state index contributed by atoms with van der Waals surface area (Å²) < 4.78 is 6.28. The second-order valence-corrected chi connectivity index (χ2v) is 6.05. The van der Waals surface area contributed by atoms with E-state index in [0.717, 1.165) is 10.1 Å². The fourth-order valence-electron chi connectivity index (χ4n) is 2.68. The van der Waals surface area contributed by atoms with Gasteiger partial charge in [0.15, 0.2) is 6.23 Å². The molecule has 0 radical (unpaired) electrons. The van der Waals surface area contributed by atoms with Crippen LogP contribution in [0.2, 0.25) is 0 Å². The van der Waals surface area contributed by atoms with E-state index in [9.17, 15) is 19.8 Å². The van der Waals surface area contributed by atoms with Gasteiger partial charge in [0.25, 0.3) is 5.91 Å². The first kappa shape index (κ1) is 18.2. The molecule has 9 heteroatoms. The first-order valence-corrected chi connectivity index (χ1v) is 8.00. The van der Waals surface area contributed by atoms with Gasteiger partial charge in [0.1, 0.15) is 24.1 Å². The van der Waals surface area contributed by atoms with Crippen LogP contribution in [0.3, 0.4) is 0 Å². The molecule has 26 heavy (non-hydrogen) atoms. The number of aromatic nitrogens is 2. The number of amides is 1. The Morgan fingerprint density at radius 2 is 1.92 bits per heavy atom. The van der Waals surface area contributed by atoms with Gasteiger partial charge in [-0.2, -0.15) is 4.98 Å². The number of carbonyl (C=O) groups is 1. The molecule has 1 fully saturated rings. The van der Waals surface area contributed by atoms with Gasteiger partial charge in [-0.25, -0.2) is 4.79 Å². The molecule has 0 saturated carbocycles. The molecular formula is C17H19N3O6. The highest BCUT2D eigenvalue weighted by Gasteiger charge is 2.43. The van der Waals surface area contributed by atoms with E-state index in [2.05, 4.69) is 10.3 Å². The number of nitrogens with zero attached hydrogens (tertiary/aromatic N) is 2. The minimum atomic E-state index is -1.39. The van der Waals surface area contributed by atoms with E-state index in [1.165, 1.54) is 12.3 Å². The molecule has 4 atom stereocenters. The summed E-state index contributed by atoms with van der Waals surface area (Å²) >= 11 is 0. The molecule has 2 aromatic rings. The minimum Gasteiger partial charge on any atom is -0.394 e. The summed E-state index contributed by atoms with van der Waals surface area (Å²) in [6.45, 7) is 1.41. The van der Waals surface area contributed by atoms with Crippen molar-refractivity contribution in [3.8, 4) is 0 Å². The zero-order chi connectivity index (χ0) is 18.8. The number of benzene rings is 1. The zero-order valence-electron chi connectivity index (χ0n) is 13.9. The molecule has 2 heterocycles. The summed E-state index contributed by atoms with van der Waals surface area (Å²) in [6.07, 6.45) is -3.59. The second kappa shape index (κ2) is 7.34. The van der Waals surface area contributed by atoms with Crippen LogP contribution in [-0.2, 0) is 4.74 Å². The molecule has 1 aliphatic heterocycles. The van der Waals surface area contributed by atoms with Crippen molar-refractivity contribution in [1.82, 2.24) is 9.55 Å². The third-order valence-corrected chi connectivity index (χ3v) is 4.18. The van der Waals surface area contributed by atoms with Crippen molar-refractivity contribution >= 4 is 11.7 Å². The van der Waals surface area contributed by atoms with E-state index >= 15 is 0 Å². The second-order valence-electron chi connectivity index (χ2n) is 6.05. The Morgan fingerprint density at radius 1 is 1.23 bits per heavy atom. The van der Waals surface area contributed by atoms with E-state index in [1.807, 2.05) is 6.92 Å². The molecule has 0 unspecified atom stereocenters. The number of nitrogens with one attached hydrogen (secondary N) is 1. The average molecular weight is 361 g/mol. The van der Waals surface area contributed by atoms with Gasteiger partial charge in [0.05, 0.1) is 6.61 Å². The lowest BCUT2D eigenvalue weighted by molar-refractivity contribution is -0.0549. The predicted octanol–water partition coefficient (Wildman–Crippen LogP) is -0.584. The van der Waals surface area contributed by atoms with Gasteiger partial charge in [-0.3, -0.25) is 9.36 Å². The summed E-state index contributed by atoms with van der Waals surface area (Å²) in [6, 6.07) is 8.28. The van der Waals surface area contributed by atoms with Crippen LogP contribution in [0.4, 0.5) is 5.82 Å². The molecule has 9 nitrogen and oxygen atoms in total. The third-order valence-electron chi connectivity index (χ3n) is 4.18. The lowest BCUT2D eigenvalue weighted by Gasteiger charge is -2.17. The number of anilines is 1. The van der Waals surface area contributed by atoms with Crippen molar-refractivity contribution in [1.29, 1.82) is 0 Å². The van der Waals surface area contributed by atoms with Crippen molar-refractivity contribution < 1.29 is 24.9 Å². The van der Waals surface area contributed by atoms with Crippen LogP contribution < -0.4 is 11.0 Å². The first-order chi connectivity index (χ1) is 12.4. The SMILES string of the molecule is Cc1ccc(C(=O)Nc2ccn([C@@H]3O[C@H](CO)[C@H](O)[C@H]3O)c(=O)n2)cc1. The van der Waals surface area contributed by atoms with Crippen LogP contribution in [-0.4, -0.2) is 55.7 Å². The number of aliphatic hydroxyl groups is 3. The number of ether oxygens (including phenoxy) is 1. The lowest BCUT2D eigenvalue weighted by Crippen LogP contribution is -2.36. The van der Waals surface area contributed by atoms with Crippen LogP contribution >= 0.6 is 0 Å². The van der Waals surface area contributed by atoms with E-state index in [1.54, 1.807) is 24.3 Å². The van der Waals surface area contributed by atoms with Crippen LogP contribution in [0.25, 0.3) is 0 Å². The van der Waals surface area contributed by atoms with Gasteiger partial charge in [-0.05, 0) is 25.1 Å². The van der Waals surface area contributed by atoms with Crippen molar-refractivity contribution in [3.05, 3.63) is 58.1 Å². The first-order valence-electron chi connectivity index (χ1n) is 8.00. The number of rotatable bonds is 4. The standard InChI is InChI=1S/C17H19N3O6/c1-9-2-4-10(5-3-9)15(24)18-12-6-7-20(17(25)19-12)16-14(23)13(22)11(8-21)26-16/h2-7,11,13-14,16,21-23H,8H2,1H3,(H,18,19,24,25)/t11-,13+,14-,16-/m1/s1. The maximum absolute atomic E-state index is 12.2. The molecule has 1 aliphatic rings. The summed E-state index contributed by atoms with van der Waals surface area (Å²) in [7, 11) is 0. The van der Waals surface area contributed by atoms with Crippen molar-refractivity contribution in [3.63, 3.8) is 0 Å². The summed E-state index contributed by atoms with van der Waals surface area (Å²) in [5, 5.41) is 31.4. The molecule has 1 amide bonds. The topological polar surface area (TPSA) is 134 Å². The maximum atomic E-state index is 12.2. The summed E-state index contributed by atoms with van der Waals surface area (Å²) in [5.41, 5.74) is 0.660. The molecule has 1 aromatic heterocycles. The van der Waals surface area contributed by atoms with Crippen LogP contribution in [0.5, 0.6) is 0 Å². The fourth-order valence-corrected chi connectivity index (χ4v) is 2.68. The molecular weight excluding hydrogens is 342 g/mol. The smallest absolute Gasteiger partial charge is 0.351 e. The van der Waals surface area contributed by atoms with E-state index in [0.29, 0.717) is 5.56 Å². The average Bonchev–Trinajstić information content (AvgIpc) is 2.90. The highest BCUT2D eigenvalue weighted by molar-refractivity contribution is 6.03. The maximum Gasteiger partial charge on any atom is 0.351 e. The molecule has 1 saturated heterocycles. The minimum absolute atomic E-state index is 0.0450. The van der Waals surface area contributed by atoms with Gasteiger partial charge < -0.3 is 25.4 Å². The Morgan fingerprint density at radius 3 is 2.50 bits per heavy atom. The summed E-state index contributed by atoms with van der Waals surface area (Å²) in [4.78, 5) is 28.1. The number of carbonyl (C=O) groups excluding carboxylic acids is 1. The summed E-state index contributed by atoms with van der Waals surface area (Å²) in [5.74, 6) is -0.369. The van der Waals surface area contributed by atoms with E-state index in [-0.39, 0.29) is 5.82 Å². The molecule has 0 aliphatic carbocycles. The van der Waals surface area contributed by atoms with Crippen molar-refractivity contribution in [2.45, 2.75) is 31.5 Å². The van der Waals surface area contributed by atoms with Gasteiger partial charge in [0, 0.05) is 11.8 Å². The Kier molecular flexibility index (Phi) is 5.14. The van der Waals surface area contributed by atoms with Crippen LogP contribution in [0, 0.1) is 6.92 Å². The third kappa shape index (κ3) is 3.51. The molecule has 1 aromatic carbocycles. The van der Waals surface area contributed by atoms with Gasteiger partial charge in [-0.15, -0.1) is 0 Å². The van der Waals surface area contributed by atoms with E-state index in [4.69, 9.17) is 9.84 Å². The molecule has 0 spiro atoms.